The topological polar surface area (TPSA) is 64.7 Å². The Labute approximate surface area is 161 Å². The van der Waals surface area contributed by atoms with Crippen LogP contribution in [0.4, 0.5) is 11.4 Å². The maximum absolute atomic E-state index is 13.2. The lowest BCUT2D eigenvalue weighted by atomic mass is 10.1. The normalized spacial score (nSPS) is 20.9. The number of nitrogens with zero attached hydrogens (tertiary/aromatic N) is 2. The molecule has 2 N–H and O–H groups in total. The molecule has 1 aromatic rings. The Morgan fingerprint density at radius 3 is 2.33 bits per heavy atom. The van der Waals surface area contributed by atoms with Gasteiger partial charge in [0.05, 0.1) is 11.3 Å². The predicted octanol–water partition coefficient (Wildman–Crippen LogP) is 2.46. The van der Waals surface area contributed by atoms with Crippen molar-refractivity contribution in [1.82, 2.24) is 10.2 Å². The number of anilines is 2. The van der Waals surface area contributed by atoms with E-state index >= 15 is 0 Å². The maximum Gasteiger partial charge on any atom is 0.256 e. The second kappa shape index (κ2) is 8.30. The number of carbonyl (C=O) groups excluding carboxylic acids is 2. The minimum atomic E-state index is 0.107. The fraction of sp³-hybridized carbons (Fsp3) is 0.619. The van der Waals surface area contributed by atoms with E-state index in [1.54, 1.807) is 0 Å². The lowest BCUT2D eigenvalue weighted by Gasteiger charge is -2.31. The maximum atomic E-state index is 13.2. The van der Waals surface area contributed by atoms with E-state index in [1.807, 2.05) is 23.1 Å². The number of benzene rings is 1. The van der Waals surface area contributed by atoms with E-state index in [1.165, 1.54) is 12.8 Å². The molecule has 2 amide bonds. The molecule has 6 heteroatoms. The van der Waals surface area contributed by atoms with Gasteiger partial charge in [-0.25, -0.2) is 0 Å². The van der Waals surface area contributed by atoms with Crippen molar-refractivity contribution in [3.63, 3.8) is 0 Å². The summed E-state index contributed by atoms with van der Waals surface area (Å²) in [5, 5.41) is 6.35. The lowest BCUT2D eigenvalue weighted by molar-refractivity contribution is -0.117. The molecule has 1 saturated carbocycles. The largest absolute Gasteiger partial charge is 0.371 e. The molecule has 2 heterocycles. The van der Waals surface area contributed by atoms with Gasteiger partial charge in [0.1, 0.15) is 0 Å². The Morgan fingerprint density at radius 2 is 1.67 bits per heavy atom. The number of amides is 2. The molecule has 0 radical (unpaired) electrons. The molecule has 6 nitrogen and oxygen atoms in total. The Kier molecular flexibility index (Phi) is 5.62. The summed E-state index contributed by atoms with van der Waals surface area (Å²) < 4.78 is 0. The second-order valence-electron chi connectivity index (χ2n) is 7.94. The van der Waals surface area contributed by atoms with Crippen molar-refractivity contribution in [2.24, 2.45) is 5.92 Å². The smallest absolute Gasteiger partial charge is 0.256 e. The number of nitrogens with one attached hydrogen (secondary N) is 2. The predicted molar refractivity (Wildman–Crippen MR) is 107 cm³/mol. The fourth-order valence-corrected chi connectivity index (χ4v) is 3.99. The second-order valence-corrected chi connectivity index (χ2v) is 7.94. The van der Waals surface area contributed by atoms with Crippen LogP contribution in [0.25, 0.3) is 0 Å². The summed E-state index contributed by atoms with van der Waals surface area (Å²) in [6.45, 7) is 5.14. The van der Waals surface area contributed by atoms with Crippen LogP contribution in [-0.2, 0) is 4.79 Å². The molecule has 3 aliphatic rings. The van der Waals surface area contributed by atoms with Gasteiger partial charge in [-0.3, -0.25) is 9.59 Å². The quantitative estimate of drug-likeness (QED) is 0.855. The van der Waals surface area contributed by atoms with E-state index in [0.717, 1.165) is 81.9 Å². The molecule has 0 bridgehead atoms. The first-order valence-electron chi connectivity index (χ1n) is 10.4. The van der Waals surface area contributed by atoms with Crippen LogP contribution in [0.5, 0.6) is 0 Å². The fourth-order valence-electron chi connectivity index (χ4n) is 3.99. The molecule has 146 valence electrons. The third-order valence-electron chi connectivity index (χ3n) is 5.79. The molecule has 1 aliphatic carbocycles. The van der Waals surface area contributed by atoms with Gasteiger partial charge < -0.3 is 20.4 Å². The van der Waals surface area contributed by atoms with Crippen LogP contribution in [0.1, 0.15) is 48.9 Å². The van der Waals surface area contributed by atoms with Gasteiger partial charge in [0.25, 0.3) is 5.91 Å². The molecular formula is C21H30N4O2. The molecule has 27 heavy (non-hydrogen) atoms. The highest BCUT2D eigenvalue weighted by molar-refractivity contribution is 6.02. The van der Waals surface area contributed by atoms with E-state index in [2.05, 4.69) is 15.5 Å². The van der Waals surface area contributed by atoms with E-state index in [0.29, 0.717) is 0 Å². The zero-order valence-corrected chi connectivity index (χ0v) is 16.0. The van der Waals surface area contributed by atoms with Crippen molar-refractivity contribution >= 4 is 23.2 Å². The summed E-state index contributed by atoms with van der Waals surface area (Å²) in [7, 11) is 0. The lowest BCUT2D eigenvalue weighted by Crippen LogP contribution is -2.46. The van der Waals surface area contributed by atoms with Crippen LogP contribution < -0.4 is 15.5 Å². The van der Waals surface area contributed by atoms with Crippen molar-refractivity contribution in [2.45, 2.75) is 38.5 Å². The Bertz CT molecular complexity index is 687. The highest BCUT2D eigenvalue weighted by Gasteiger charge is 2.30. The summed E-state index contributed by atoms with van der Waals surface area (Å²) >= 11 is 0. The van der Waals surface area contributed by atoms with Gasteiger partial charge in [-0.2, -0.15) is 0 Å². The van der Waals surface area contributed by atoms with Gasteiger partial charge in [0.2, 0.25) is 5.91 Å². The minimum absolute atomic E-state index is 0.107. The van der Waals surface area contributed by atoms with Crippen LogP contribution in [0.15, 0.2) is 18.2 Å². The zero-order valence-electron chi connectivity index (χ0n) is 16.0. The molecule has 0 spiro atoms. The Morgan fingerprint density at radius 1 is 0.963 bits per heavy atom. The molecule has 2 aliphatic heterocycles. The van der Waals surface area contributed by atoms with Gasteiger partial charge in [0.15, 0.2) is 0 Å². The highest BCUT2D eigenvalue weighted by Crippen LogP contribution is 2.32. The van der Waals surface area contributed by atoms with E-state index in [-0.39, 0.29) is 17.7 Å². The van der Waals surface area contributed by atoms with E-state index in [4.69, 9.17) is 0 Å². The Hall–Kier alpha value is -2.08. The van der Waals surface area contributed by atoms with Crippen molar-refractivity contribution < 1.29 is 9.59 Å². The first-order chi connectivity index (χ1) is 13.2. The molecule has 1 aromatic carbocycles. The molecule has 2 saturated heterocycles. The average Bonchev–Trinajstić information content (AvgIpc) is 3.55. The van der Waals surface area contributed by atoms with Crippen molar-refractivity contribution in [2.75, 3.05) is 49.5 Å². The average molecular weight is 370 g/mol. The first-order valence-corrected chi connectivity index (χ1v) is 10.4. The number of hydrogen-bond acceptors (Lipinski definition) is 4. The number of carbonyl (C=O) groups is 2. The van der Waals surface area contributed by atoms with Crippen molar-refractivity contribution in [1.29, 1.82) is 0 Å². The van der Waals surface area contributed by atoms with E-state index < -0.39 is 0 Å². The molecule has 0 aromatic heterocycles. The summed E-state index contributed by atoms with van der Waals surface area (Å²) in [4.78, 5) is 29.6. The van der Waals surface area contributed by atoms with Crippen molar-refractivity contribution in [3.05, 3.63) is 23.8 Å². The summed E-state index contributed by atoms with van der Waals surface area (Å²) in [6, 6.07) is 5.81. The van der Waals surface area contributed by atoms with Crippen LogP contribution in [-0.4, -0.2) is 56.0 Å². The van der Waals surface area contributed by atoms with Gasteiger partial charge in [0, 0.05) is 50.9 Å². The molecule has 3 fully saturated rings. The van der Waals surface area contributed by atoms with Crippen LogP contribution in [0.3, 0.4) is 0 Å². The van der Waals surface area contributed by atoms with Gasteiger partial charge in [-0.15, -0.1) is 0 Å². The third kappa shape index (κ3) is 4.43. The SMILES string of the molecule is O=C(Nc1ccc(C(=O)N2CCNCC2)c(N2CCCCCC2)c1)C1CC1. The van der Waals surface area contributed by atoms with Gasteiger partial charge in [-0.05, 0) is 43.9 Å². The minimum Gasteiger partial charge on any atom is -0.371 e. The third-order valence-corrected chi connectivity index (χ3v) is 5.79. The number of rotatable bonds is 4. The van der Waals surface area contributed by atoms with Crippen LogP contribution >= 0.6 is 0 Å². The standard InChI is InChI=1S/C21H30N4O2/c26-20(16-5-6-16)23-17-7-8-18(21(27)25-13-9-22-10-14-25)19(15-17)24-11-3-1-2-4-12-24/h7-8,15-16,22H,1-6,9-14H2,(H,23,26). The summed E-state index contributed by atoms with van der Waals surface area (Å²) in [5.74, 6) is 0.391. The van der Waals surface area contributed by atoms with Gasteiger partial charge >= 0.3 is 0 Å². The number of hydrogen-bond donors (Lipinski definition) is 2. The summed E-state index contributed by atoms with van der Waals surface area (Å²) in [5.41, 5.74) is 2.56. The monoisotopic (exact) mass is 370 g/mol. The molecular weight excluding hydrogens is 340 g/mol. The van der Waals surface area contributed by atoms with Crippen LogP contribution in [0.2, 0.25) is 0 Å². The first kappa shape index (κ1) is 18.3. The highest BCUT2D eigenvalue weighted by atomic mass is 16.2. The Balaban J connectivity index is 1.61. The summed E-state index contributed by atoms with van der Waals surface area (Å²) in [6.07, 6.45) is 6.78. The molecule has 4 rings (SSSR count). The number of piperazine rings is 1. The van der Waals surface area contributed by atoms with E-state index in [9.17, 15) is 9.59 Å². The zero-order chi connectivity index (χ0) is 18.6. The van der Waals surface area contributed by atoms with Gasteiger partial charge in [-0.1, -0.05) is 12.8 Å². The van der Waals surface area contributed by atoms with Crippen LogP contribution in [0, 0.1) is 5.92 Å². The molecule has 0 unspecified atom stereocenters. The molecule has 0 atom stereocenters. The van der Waals surface area contributed by atoms with Crippen molar-refractivity contribution in [3.8, 4) is 0 Å².